The van der Waals surface area contributed by atoms with E-state index in [1.165, 1.54) is 43.9 Å². The van der Waals surface area contributed by atoms with Crippen molar-refractivity contribution < 1.29 is 0 Å². The van der Waals surface area contributed by atoms with Crippen molar-refractivity contribution in [3.63, 3.8) is 0 Å². The first-order valence-corrected chi connectivity index (χ1v) is 11.3. The molecule has 2 saturated heterocycles. The Morgan fingerprint density at radius 1 is 1.14 bits per heavy atom. The second-order valence-electron chi connectivity index (χ2n) is 7.59. The third kappa shape index (κ3) is 6.69. The molecule has 0 aromatic carbocycles. The lowest BCUT2D eigenvalue weighted by Crippen LogP contribution is -2.52. The van der Waals surface area contributed by atoms with E-state index in [1.807, 2.05) is 0 Å². The summed E-state index contributed by atoms with van der Waals surface area (Å²) in [6.45, 7) is 12.5. The first kappa shape index (κ1) is 23.6. The number of likely N-dealkylation sites (tertiary alicyclic amines) is 1. The van der Waals surface area contributed by atoms with Crippen LogP contribution in [0.25, 0.3) is 0 Å². The van der Waals surface area contributed by atoms with Crippen LogP contribution in [0.15, 0.2) is 4.99 Å². The van der Waals surface area contributed by atoms with Gasteiger partial charge in [0, 0.05) is 57.2 Å². The van der Waals surface area contributed by atoms with Gasteiger partial charge in [0.05, 0.1) is 0 Å². The van der Waals surface area contributed by atoms with Gasteiger partial charge >= 0.3 is 0 Å². The standard InChI is InChI=1S/C19H35N7S.HI/c1-4-17-22-19(27-23-17)26-14-12-25(13-15-26)18(20-5-2)21-9-6-16-7-10-24(3)11-8-16;/h16H,4-15H2,1-3H3,(H,20,21);1H. The molecule has 0 spiro atoms. The first-order chi connectivity index (χ1) is 13.2. The fraction of sp³-hybridized carbons (Fsp3) is 0.842. The van der Waals surface area contributed by atoms with Gasteiger partial charge in [-0.25, -0.2) is 4.98 Å². The number of aliphatic imine (C=N–C) groups is 1. The number of nitrogens with one attached hydrogen (secondary N) is 1. The Hall–Kier alpha value is -0.680. The molecule has 9 heteroatoms. The zero-order valence-corrected chi connectivity index (χ0v) is 20.7. The molecule has 2 aliphatic heterocycles. The minimum Gasteiger partial charge on any atom is -0.357 e. The molecular formula is C19H36IN7S. The molecule has 1 N–H and O–H groups in total. The molecule has 7 nitrogen and oxygen atoms in total. The van der Waals surface area contributed by atoms with Gasteiger partial charge in [-0.1, -0.05) is 6.92 Å². The molecule has 2 aliphatic rings. The van der Waals surface area contributed by atoms with Gasteiger partial charge in [-0.05, 0) is 52.2 Å². The Morgan fingerprint density at radius 2 is 1.86 bits per heavy atom. The average molecular weight is 522 g/mol. The van der Waals surface area contributed by atoms with E-state index in [0.29, 0.717) is 0 Å². The molecule has 28 heavy (non-hydrogen) atoms. The SMILES string of the molecule is CCNC(=NCCC1CCN(C)CC1)N1CCN(c2nc(CC)ns2)CC1.I. The van der Waals surface area contributed by atoms with Crippen LogP contribution in [-0.2, 0) is 6.42 Å². The highest BCUT2D eigenvalue weighted by molar-refractivity contribution is 14.0. The Morgan fingerprint density at radius 3 is 2.46 bits per heavy atom. The molecule has 0 amide bonds. The highest BCUT2D eigenvalue weighted by atomic mass is 127. The van der Waals surface area contributed by atoms with Crippen molar-refractivity contribution >= 4 is 46.6 Å². The highest BCUT2D eigenvalue weighted by Crippen LogP contribution is 2.20. The maximum absolute atomic E-state index is 4.94. The van der Waals surface area contributed by atoms with Crippen LogP contribution in [0.4, 0.5) is 5.13 Å². The summed E-state index contributed by atoms with van der Waals surface area (Å²) in [6.07, 6.45) is 4.77. The molecule has 3 rings (SSSR count). The molecular weight excluding hydrogens is 485 g/mol. The maximum Gasteiger partial charge on any atom is 0.205 e. The van der Waals surface area contributed by atoms with Crippen LogP contribution in [0, 0.1) is 5.92 Å². The predicted molar refractivity (Wildman–Crippen MR) is 129 cm³/mol. The van der Waals surface area contributed by atoms with E-state index in [-0.39, 0.29) is 24.0 Å². The third-order valence-corrected chi connectivity index (χ3v) is 6.41. The smallest absolute Gasteiger partial charge is 0.205 e. The normalized spacial score (nSPS) is 19.6. The van der Waals surface area contributed by atoms with Gasteiger partial charge in [0.1, 0.15) is 5.82 Å². The lowest BCUT2D eigenvalue weighted by molar-refractivity contribution is 0.214. The number of aryl methyl sites for hydroxylation is 1. The summed E-state index contributed by atoms with van der Waals surface area (Å²) in [4.78, 5) is 16.8. The Labute approximate surface area is 191 Å². The van der Waals surface area contributed by atoms with Gasteiger partial charge in [0.2, 0.25) is 5.13 Å². The number of halogens is 1. The van der Waals surface area contributed by atoms with E-state index in [9.17, 15) is 0 Å². The number of guanidine groups is 1. The largest absolute Gasteiger partial charge is 0.357 e. The molecule has 2 fully saturated rings. The predicted octanol–water partition coefficient (Wildman–Crippen LogP) is 2.54. The zero-order valence-electron chi connectivity index (χ0n) is 17.6. The second-order valence-corrected chi connectivity index (χ2v) is 8.32. The number of nitrogens with zero attached hydrogens (tertiary/aromatic N) is 6. The molecule has 0 atom stereocenters. The Bertz CT molecular complexity index is 593. The third-order valence-electron chi connectivity index (χ3n) is 5.60. The van der Waals surface area contributed by atoms with Gasteiger partial charge in [0.15, 0.2) is 5.96 Å². The lowest BCUT2D eigenvalue weighted by Gasteiger charge is -2.36. The van der Waals surface area contributed by atoms with Crippen LogP contribution in [0.5, 0.6) is 0 Å². The quantitative estimate of drug-likeness (QED) is 0.353. The number of rotatable bonds is 6. The van der Waals surface area contributed by atoms with Gasteiger partial charge in [-0.3, -0.25) is 4.99 Å². The minimum atomic E-state index is 0. The van der Waals surface area contributed by atoms with Gasteiger partial charge in [-0.15, -0.1) is 24.0 Å². The monoisotopic (exact) mass is 521 g/mol. The fourth-order valence-corrected chi connectivity index (χ4v) is 4.56. The van der Waals surface area contributed by atoms with E-state index in [1.54, 1.807) is 0 Å². The summed E-state index contributed by atoms with van der Waals surface area (Å²) in [7, 11) is 2.22. The number of aromatic nitrogens is 2. The summed E-state index contributed by atoms with van der Waals surface area (Å²) >= 11 is 1.53. The van der Waals surface area contributed by atoms with Crippen molar-refractivity contribution in [2.45, 2.75) is 39.5 Å². The Kier molecular flexibility index (Phi) is 10.2. The molecule has 1 aromatic rings. The van der Waals surface area contributed by atoms with Crippen molar-refractivity contribution in [3.05, 3.63) is 5.82 Å². The van der Waals surface area contributed by atoms with E-state index in [2.05, 4.69) is 50.3 Å². The van der Waals surface area contributed by atoms with Crippen LogP contribution < -0.4 is 10.2 Å². The fourth-order valence-electron chi connectivity index (χ4n) is 3.76. The number of piperidine rings is 1. The Balaban J connectivity index is 0.00000280. The van der Waals surface area contributed by atoms with Crippen molar-refractivity contribution in [1.29, 1.82) is 0 Å². The zero-order chi connectivity index (χ0) is 19.1. The lowest BCUT2D eigenvalue weighted by atomic mass is 9.94. The molecule has 0 bridgehead atoms. The number of hydrogen-bond acceptors (Lipinski definition) is 6. The van der Waals surface area contributed by atoms with Crippen LogP contribution in [0.2, 0.25) is 0 Å². The number of anilines is 1. The molecule has 1 aromatic heterocycles. The highest BCUT2D eigenvalue weighted by Gasteiger charge is 2.22. The van der Waals surface area contributed by atoms with Crippen molar-refractivity contribution in [1.82, 2.24) is 24.5 Å². The molecule has 160 valence electrons. The number of piperazine rings is 1. The van der Waals surface area contributed by atoms with Crippen molar-refractivity contribution in [2.75, 3.05) is 64.3 Å². The second kappa shape index (κ2) is 12.1. The average Bonchev–Trinajstić information content (AvgIpc) is 3.18. The van der Waals surface area contributed by atoms with Crippen LogP contribution >= 0.6 is 35.5 Å². The molecule has 0 radical (unpaired) electrons. The van der Waals surface area contributed by atoms with Crippen LogP contribution in [0.1, 0.15) is 38.9 Å². The van der Waals surface area contributed by atoms with Crippen molar-refractivity contribution in [3.8, 4) is 0 Å². The summed E-state index contributed by atoms with van der Waals surface area (Å²) in [5, 5.41) is 4.55. The minimum absolute atomic E-state index is 0. The van der Waals surface area contributed by atoms with E-state index >= 15 is 0 Å². The van der Waals surface area contributed by atoms with E-state index < -0.39 is 0 Å². The van der Waals surface area contributed by atoms with Gasteiger partial charge in [0.25, 0.3) is 0 Å². The van der Waals surface area contributed by atoms with E-state index in [0.717, 1.165) is 68.5 Å². The van der Waals surface area contributed by atoms with Crippen LogP contribution in [0.3, 0.4) is 0 Å². The topological polar surface area (TPSA) is 59.9 Å². The maximum atomic E-state index is 4.94. The molecule has 3 heterocycles. The summed E-state index contributed by atoms with van der Waals surface area (Å²) in [6, 6.07) is 0. The molecule has 0 saturated carbocycles. The van der Waals surface area contributed by atoms with Crippen molar-refractivity contribution in [2.24, 2.45) is 10.9 Å². The van der Waals surface area contributed by atoms with Gasteiger partial charge < -0.3 is 20.0 Å². The number of hydrogen-bond donors (Lipinski definition) is 1. The molecule has 0 aliphatic carbocycles. The van der Waals surface area contributed by atoms with Gasteiger partial charge in [-0.2, -0.15) is 4.37 Å². The van der Waals surface area contributed by atoms with E-state index in [4.69, 9.17) is 4.99 Å². The van der Waals surface area contributed by atoms with Crippen LogP contribution in [-0.4, -0.2) is 84.5 Å². The molecule has 0 unspecified atom stereocenters. The first-order valence-electron chi connectivity index (χ1n) is 10.5. The summed E-state index contributed by atoms with van der Waals surface area (Å²) in [5.41, 5.74) is 0. The summed E-state index contributed by atoms with van der Waals surface area (Å²) in [5.74, 6) is 2.88. The summed E-state index contributed by atoms with van der Waals surface area (Å²) < 4.78 is 4.42.